The molecule has 0 fully saturated rings. The SMILES string of the molecule is O=[N+]([O-])c1cnn(CC(O)COc2ccc(F)c(F)c2)c1. The van der Waals surface area contributed by atoms with E-state index in [1.807, 2.05) is 0 Å². The van der Waals surface area contributed by atoms with Crippen molar-refractivity contribution in [1.82, 2.24) is 9.78 Å². The van der Waals surface area contributed by atoms with Gasteiger partial charge < -0.3 is 9.84 Å². The summed E-state index contributed by atoms with van der Waals surface area (Å²) in [6.45, 7) is -0.226. The molecule has 1 N–H and O–H groups in total. The van der Waals surface area contributed by atoms with E-state index in [-0.39, 0.29) is 24.6 Å². The van der Waals surface area contributed by atoms with Gasteiger partial charge in [-0.15, -0.1) is 0 Å². The van der Waals surface area contributed by atoms with E-state index >= 15 is 0 Å². The molecule has 0 aliphatic carbocycles. The lowest BCUT2D eigenvalue weighted by molar-refractivity contribution is -0.385. The summed E-state index contributed by atoms with van der Waals surface area (Å²) in [6.07, 6.45) is 1.21. The molecule has 1 heterocycles. The van der Waals surface area contributed by atoms with Crippen LogP contribution in [0.3, 0.4) is 0 Å². The van der Waals surface area contributed by atoms with Crippen molar-refractivity contribution in [3.8, 4) is 5.75 Å². The fourth-order valence-corrected chi connectivity index (χ4v) is 1.57. The number of hydrogen-bond donors (Lipinski definition) is 1. The topological polar surface area (TPSA) is 90.4 Å². The van der Waals surface area contributed by atoms with E-state index in [2.05, 4.69) is 5.10 Å². The fraction of sp³-hybridized carbons (Fsp3) is 0.250. The normalized spacial score (nSPS) is 12.1. The summed E-state index contributed by atoms with van der Waals surface area (Å²) in [5.74, 6) is -1.98. The number of ether oxygens (including phenoxy) is 1. The van der Waals surface area contributed by atoms with Crippen molar-refractivity contribution >= 4 is 5.69 Å². The van der Waals surface area contributed by atoms with Gasteiger partial charge in [-0.3, -0.25) is 14.8 Å². The third-order valence-electron chi connectivity index (χ3n) is 2.56. The van der Waals surface area contributed by atoms with Crippen LogP contribution in [-0.2, 0) is 6.54 Å². The maximum atomic E-state index is 12.9. The molecule has 0 amide bonds. The minimum absolute atomic E-state index is 0.0302. The molecule has 1 unspecified atom stereocenters. The van der Waals surface area contributed by atoms with Gasteiger partial charge in [0.25, 0.3) is 0 Å². The Morgan fingerprint density at radius 1 is 1.43 bits per heavy atom. The number of aliphatic hydroxyl groups is 1. The van der Waals surface area contributed by atoms with Crippen LogP contribution in [0.5, 0.6) is 5.75 Å². The lowest BCUT2D eigenvalue weighted by atomic mass is 10.3. The van der Waals surface area contributed by atoms with Gasteiger partial charge in [0.1, 0.15) is 30.9 Å². The van der Waals surface area contributed by atoms with Crippen LogP contribution in [0.15, 0.2) is 30.6 Å². The monoisotopic (exact) mass is 299 g/mol. The van der Waals surface area contributed by atoms with Gasteiger partial charge in [0, 0.05) is 6.07 Å². The Morgan fingerprint density at radius 3 is 2.81 bits per heavy atom. The Morgan fingerprint density at radius 2 is 2.19 bits per heavy atom. The fourth-order valence-electron chi connectivity index (χ4n) is 1.57. The molecule has 2 rings (SSSR count). The van der Waals surface area contributed by atoms with E-state index < -0.39 is 22.7 Å². The molecule has 0 aliphatic rings. The third kappa shape index (κ3) is 3.96. The molecule has 0 radical (unpaired) electrons. The van der Waals surface area contributed by atoms with E-state index in [1.54, 1.807) is 0 Å². The highest BCUT2D eigenvalue weighted by molar-refractivity contribution is 5.23. The predicted octanol–water partition coefficient (Wildman–Crippen LogP) is 1.51. The number of aliphatic hydroxyl groups excluding tert-OH is 1. The molecule has 1 aromatic heterocycles. The van der Waals surface area contributed by atoms with Crippen LogP contribution in [0.4, 0.5) is 14.5 Å². The number of hydrogen-bond acceptors (Lipinski definition) is 5. The zero-order valence-corrected chi connectivity index (χ0v) is 10.6. The minimum atomic E-state index is -1.05. The van der Waals surface area contributed by atoms with Gasteiger partial charge in [0.15, 0.2) is 11.6 Å². The number of halogens is 2. The second kappa shape index (κ2) is 6.27. The molecule has 0 saturated heterocycles. The van der Waals surface area contributed by atoms with Crippen LogP contribution in [0.1, 0.15) is 0 Å². The number of nitrogens with zero attached hydrogens (tertiary/aromatic N) is 3. The second-order valence-corrected chi connectivity index (χ2v) is 4.22. The molecule has 9 heteroatoms. The van der Waals surface area contributed by atoms with Gasteiger partial charge in [-0.1, -0.05) is 0 Å². The Kier molecular flexibility index (Phi) is 4.43. The summed E-state index contributed by atoms with van der Waals surface area (Å²) in [4.78, 5) is 9.87. The average Bonchev–Trinajstić information content (AvgIpc) is 2.89. The van der Waals surface area contributed by atoms with Crippen molar-refractivity contribution in [2.24, 2.45) is 0 Å². The van der Waals surface area contributed by atoms with Gasteiger partial charge in [0.2, 0.25) is 0 Å². The first kappa shape index (κ1) is 14.9. The molecule has 0 spiro atoms. The first-order chi connectivity index (χ1) is 9.95. The van der Waals surface area contributed by atoms with E-state index in [4.69, 9.17) is 4.74 Å². The van der Waals surface area contributed by atoms with Gasteiger partial charge >= 0.3 is 5.69 Å². The van der Waals surface area contributed by atoms with Gasteiger partial charge in [-0.2, -0.15) is 5.10 Å². The smallest absolute Gasteiger partial charge is 0.306 e. The maximum Gasteiger partial charge on any atom is 0.306 e. The average molecular weight is 299 g/mol. The molecule has 0 bridgehead atoms. The summed E-state index contributed by atoms with van der Waals surface area (Å²) < 4.78 is 31.9. The number of benzene rings is 1. The first-order valence-electron chi connectivity index (χ1n) is 5.88. The van der Waals surface area contributed by atoms with Crippen molar-refractivity contribution in [2.45, 2.75) is 12.6 Å². The summed E-state index contributed by atoms with van der Waals surface area (Å²) >= 11 is 0. The van der Waals surface area contributed by atoms with E-state index in [0.29, 0.717) is 0 Å². The Hall–Kier alpha value is -2.55. The second-order valence-electron chi connectivity index (χ2n) is 4.22. The third-order valence-corrected chi connectivity index (χ3v) is 2.56. The standard InChI is InChI=1S/C12H11F2N3O4/c13-11-2-1-10(3-12(11)14)21-7-9(18)6-16-5-8(4-15-16)17(19)20/h1-5,9,18H,6-7H2. The van der Waals surface area contributed by atoms with E-state index in [9.17, 15) is 24.0 Å². The van der Waals surface area contributed by atoms with Crippen LogP contribution in [0.25, 0.3) is 0 Å². The minimum Gasteiger partial charge on any atom is -0.491 e. The quantitative estimate of drug-likeness (QED) is 0.645. The molecule has 0 saturated carbocycles. The lowest BCUT2D eigenvalue weighted by Gasteiger charge is -2.12. The Balaban J connectivity index is 1.87. The number of aromatic nitrogens is 2. The lowest BCUT2D eigenvalue weighted by Crippen LogP contribution is -2.23. The largest absolute Gasteiger partial charge is 0.491 e. The van der Waals surface area contributed by atoms with E-state index in [1.165, 1.54) is 16.9 Å². The summed E-state index contributed by atoms with van der Waals surface area (Å²) in [5, 5.41) is 23.9. The maximum absolute atomic E-state index is 12.9. The summed E-state index contributed by atoms with van der Waals surface area (Å²) in [5.41, 5.74) is -0.191. The molecule has 0 aliphatic heterocycles. The van der Waals surface area contributed by atoms with Crippen LogP contribution in [0.2, 0.25) is 0 Å². The zero-order valence-electron chi connectivity index (χ0n) is 10.6. The first-order valence-corrected chi connectivity index (χ1v) is 5.88. The zero-order chi connectivity index (χ0) is 15.4. The summed E-state index contributed by atoms with van der Waals surface area (Å²) in [6, 6.07) is 3.00. The van der Waals surface area contributed by atoms with Gasteiger partial charge in [-0.25, -0.2) is 8.78 Å². The van der Waals surface area contributed by atoms with Gasteiger partial charge in [0.05, 0.1) is 11.5 Å². The van der Waals surface area contributed by atoms with Crippen molar-refractivity contribution in [3.63, 3.8) is 0 Å². The highest BCUT2D eigenvalue weighted by atomic mass is 19.2. The number of nitro groups is 1. The molecular formula is C12H11F2N3O4. The predicted molar refractivity (Wildman–Crippen MR) is 66.7 cm³/mol. The molecule has 1 atom stereocenters. The van der Waals surface area contributed by atoms with Crippen LogP contribution in [0, 0.1) is 21.7 Å². The van der Waals surface area contributed by atoms with Gasteiger partial charge in [-0.05, 0) is 12.1 Å². The molecule has 21 heavy (non-hydrogen) atoms. The van der Waals surface area contributed by atoms with Crippen molar-refractivity contribution in [3.05, 3.63) is 52.3 Å². The molecule has 7 nitrogen and oxygen atoms in total. The van der Waals surface area contributed by atoms with E-state index in [0.717, 1.165) is 18.3 Å². The van der Waals surface area contributed by atoms with Crippen LogP contribution in [-0.4, -0.2) is 32.5 Å². The van der Waals surface area contributed by atoms with Crippen molar-refractivity contribution < 1.29 is 23.5 Å². The molecule has 112 valence electrons. The van der Waals surface area contributed by atoms with Crippen molar-refractivity contribution in [2.75, 3.05) is 6.61 Å². The summed E-state index contributed by atoms with van der Waals surface area (Å²) in [7, 11) is 0. The molecule has 2 aromatic rings. The molecular weight excluding hydrogens is 288 g/mol. The van der Waals surface area contributed by atoms with Crippen LogP contribution < -0.4 is 4.74 Å². The Labute approximate surface area is 117 Å². The highest BCUT2D eigenvalue weighted by Crippen LogP contribution is 2.15. The number of rotatable bonds is 6. The highest BCUT2D eigenvalue weighted by Gasteiger charge is 2.13. The molecule has 1 aromatic carbocycles. The Bertz CT molecular complexity index is 647. The van der Waals surface area contributed by atoms with Crippen molar-refractivity contribution in [1.29, 1.82) is 0 Å². The van der Waals surface area contributed by atoms with Crippen LogP contribution >= 0.6 is 0 Å².